The van der Waals surface area contributed by atoms with Crippen LogP contribution < -0.4 is 15.0 Å². The Morgan fingerprint density at radius 1 is 1.20 bits per heavy atom. The molecule has 130 valence electrons. The van der Waals surface area contributed by atoms with Gasteiger partial charge in [0.15, 0.2) is 6.61 Å². The molecule has 0 spiro atoms. The lowest BCUT2D eigenvalue weighted by molar-refractivity contribution is -0.123. The van der Waals surface area contributed by atoms with E-state index in [1.54, 1.807) is 11.0 Å². The summed E-state index contributed by atoms with van der Waals surface area (Å²) in [5.41, 5.74) is 1.89. The van der Waals surface area contributed by atoms with Crippen LogP contribution in [0.5, 0.6) is 5.75 Å². The molecule has 5 nitrogen and oxygen atoms in total. The monoisotopic (exact) mass is 402 g/mol. The highest BCUT2D eigenvalue weighted by Gasteiger charge is 2.21. The number of hydrogen-bond acceptors (Lipinski definition) is 3. The summed E-state index contributed by atoms with van der Waals surface area (Å²) in [7, 11) is 0. The van der Waals surface area contributed by atoms with E-state index in [0.29, 0.717) is 18.7 Å². The van der Waals surface area contributed by atoms with Crippen LogP contribution >= 0.6 is 15.9 Å². The minimum Gasteiger partial charge on any atom is -0.484 e. The van der Waals surface area contributed by atoms with Gasteiger partial charge in [-0.15, -0.1) is 0 Å². The molecule has 0 bridgehead atoms. The summed E-state index contributed by atoms with van der Waals surface area (Å²) in [6.45, 7) is 1.17. The molecule has 1 aliphatic rings. The van der Waals surface area contributed by atoms with E-state index in [1.807, 2.05) is 42.5 Å². The van der Waals surface area contributed by atoms with Gasteiger partial charge in [-0.25, -0.2) is 0 Å². The van der Waals surface area contributed by atoms with Gasteiger partial charge >= 0.3 is 0 Å². The maximum absolute atomic E-state index is 11.9. The Labute approximate surface area is 155 Å². The molecular formula is C19H19BrN2O3. The number of carbonyl (C=O) groups is 2. The fourth-order valence-electron chi connectivity index (χ4n) is 2.67. The number of nitrogens with one attached hydrogen (secondary N) is 1. The summed E-state index contributed by atoms with van der Waals surface area (Å²) >= 11 is 3.36. The second kappa shape index (κ2) is 8.16. The number of hydrogen-bond donors (Lipinski definition) is 1. The molecule has 2 aromatic rings. The third-order valence-corrected chi connectivity index (χ3v) is 4.47. The van der Waals surface area contributed by atoms with Gasteiger partial charge in [-0.05, 0) is 42.3 Å². The summed E-state index contributed by atoms with van der Waals surface area (Å²) in [4.78, 5) is 25.4. The van der Waals surface area contributed by atoms with Crippen LogP contribution in [0, 0.1) is 0 Å². The number of amides is 2. The third kappa shape index (κ3) is 4.82. The van der Waals surface area contributed by atoms with Crippen molar-refractivity contribution in [2.45, 2.75) is 19.4 Å². The van der Waals surface area contributed by atoms with E-state index in [-0.39, 0.29) is 18.4 Å². The molecule has 0 aromatic heterocycles. The fourth-order valence-corrected chi connectivity index (χ4v) is 3.05. The van der Waals surface area contributed by atoms with Crippen molar-refractivity contribution in [3.8, 4) is 5.75 Å². The first-order valence-electron chi connectivity index (χ1n) is 8.16. The lowest BCUT2D eigenvalue weighted by Gasteiger charge is -2.16. The predicted molar refractivity (Wildman–Crippen MR) is 99.5 cm³/mol. The van der Waals surface area contributed by atoms with E-state index in [4.69, 9.17) is 4.74 Å². The van der Waals surface area contributed by atoms with Crippen molar-refractivity contribution < 1.29 is 14.3 Å². The van der Waals surface area contributed by atoms with E-state index in [1.165, 1.54) is 0 Å². The predicted octanol–water partition coefficient (Wildman–Crippen LogP) is 3.27. The fraction of sp³-hybridized carbons (Fsp3) is 0.263. The van der Waals surface area contributed by atoms with Crippen LogP contribution in [0.4, 0.5) is 5.69 Å². The Kier molecular flexibility index (Phi) is 5.71. The molecule has 0 atom stereocenters. The minimum atomic E-state index is -0.182. The summed E-state index contributed by atoms with van der Waals surface area (Å²) < 4.78 is 6.35. The molecule has 1 saturated heterocycles. The molecule has 0 unspecified atom stereocenters. The van der Waals surface area contributed by atoms with Crippen molar-refractivity contribution in [1.82, 2.24) is 5.32 Å². The highest BCUT2D eigenvalue weighted by molar-refractivity contribution is 9.10. The highest BCUT2D eigenvalue weighted by atomic mass is 79.9. The Morgan fingerprint density at radius 2 is 2.00 bits per heavy atom. The molecule has 2 amide bonds. The number of anilines is 1. The second-order valence-electron chi connectivity index (χ2n) is 5.84. The zero-order valence-electron chi connectivity index (χ0n) is 13.7. The summed E-state index contributed by atoms with van der Waals surface area (Å²) in [6.07, 6.45) is 1.53. The molecular weight excluding hydrogens is 384 g/mol. The van der Waals surface area contributed by atoms with Crippen molar-refractivity contribution in [3.63, 3.8) is 0 Å². The first-order chi connectivity index (χ1) is 12.1. The molecule has 0 aliphatic carbocycles. The zero-order valence-corrected chi connectivity index (χ0v) is 15.3. The first-order valence-corrected chi connectivity index (χ1v) is 8.95. The van der Waals surface area contributed by atoms with Gasteiger partial charge in [0.25, 0.3) is 5.91 Å². The molecule has 0 saturated carbocycles. The van der Waals surface area contributed by atoms with Gasteiger partial charge in [0, 0.05) is 29.7 Å². The Hall–Kier alpha value is -2.34. The van der Waals surface area contributed by atoms with Crippen LogP contribution in [0.1, 0.15) is 18.4 Å². The second-order valence-corrected chi connectivity index (χ2v) is 6.75. The van der Waals surface area contributed by atoms with Crippen LogP contribution in [0.2, 0.25) is 0 Å². The number of nitrogens with zero attached hydrogens (tertiary/aromatic N) is 1. The summed E-state index contributed by atoms with van der Waals surface area (Å²) in [5.74, 6) is 0.633. The average molecular weight is 403 g/mol. The Bertz CT molecular complexity index is 762. The van der Waals surface area contributed by atoms with Crippen LogP contribution in [0.3, 0.4) is 0 Å². The molecule has 3 rings (SSSR count). The quantitative estimate of drug-likeness (QED) is 0.806. The van der Waals surface area contributed by atoms with Crippen molar-refractivity contribution in [3.05, 3.63) is 58.6 Å². The van der Waals surface area contributed by atoms with E-state index in [9.17, 15) is 9.59 Å². The highest BCUT2D eigenvalue weighted by Crippen LogP contribution is 2.21. The number of carbonyl (C=O) groups excluding carboxylic acids is 2. The summed E-state index contributed by atoms with van der Waals surface area (Å²) in [5, 5.41) is 2.83. The van der Waals surface area contributed by atoms with E-state index < -0.39 is 0 Å². The number of halogens is 1. The Balaban J connectivity index is 1.46. The lowest BCUT2D eigenvalue weighted by Crippen LogP contribution is -2.28. The van der Waals surface area contributed by atoms with E-state index in [2.05, 4.69) is 21.2 Å². The molecule has 6 heteroatoms. The number of rotatable bonds is 6. The molecule has 1 N–H and O–H groups in total. The van der Waals surface area contributed by atoms with E-state index in [0.717, 1.165) is 28.7 Å². The van der Waals surface area contributed by atoms with Gasteiger partial charge in [-0.3, -0.25) is 9.59 Å². The standard InChI is InChI=1S/C19H19BrN2O3/c20-15-3-1-4-17(11-15)25-13-18(23)21-12-14-6-8-16(9-7-14)22-10-2-5-19(22)24/h1,3-4,6-9,11H,2,5,10,12-13H2,(H,21,23). The lowest BCUT2D eigenvalue weighted by atomic mass is 10.2. The number of ether oxygens (including phenoxy) is 1. The molecule has 1 heterocycles. The maximum atomic E-state index is 11.9. The largest absolute Gasteiger partial charge is 0.484 e. The molecule has 1 fully saturated rings. The molecule has 1 aliphatic heterocycles. The Morgan fingerprint density at radius 3 is 2.68 bits per heavy atom. The third-order valence-electron chi connectivity index (χ3n) is 3.98. The van der Waals surface area contributed by atoms with Gasteiger partial charge in [-0.1, -0.05) is 34.1 Å². The van der Waals surface area contributed by atoms with Crippen LogP contribution in [0.15, 0.2) is 53.0 Å². The van der Waals surface area contributed by atoms with Crippen molar-refractivity contribution in [1.29, 1.82) is 0 Å². The van der Waals surface area contributed by atoms with Crippen LogP contribution in [-0.2, 0) is 16.1 Å². The summed E-state index contributed by atoms with van der Waals surface area (Å²) in [6, 6.07) is 15.1. The minimum absolute atomic E-state index is 0.0309. The number of benzene rings is 2. The van der Waals surface area contributed by atoms with Crippen molar-refractivity contribution >= 4 is 33.4 Å². The van der Waals surface area contributed by atoms with Crippen LogP contribution in [-0.4, -0.2) is 25.0 Å². The zero-order chi connectivity index (χ0) is 17.6. The smallest absolute Gasteiger partial charge is 0.258 e. The SMILES string of the molecule is O=C(COc1cccc(Br)c1)NCc1ccc(N2CCCC2=O)cc1. The average Bonchev–Trinajstić information content (AvgIpc) is 3.05. The first kappa shape index (κ1) is 17.5. The van der Waals surface area contributed by atoms with E-state index >= 15 is 0 Å². The van der Waals surface area contributed by atoms with Gasteiger partial charge in [-0.2, -0.15) is 0 Å². The maximum Gasteiger partial charge on any atom is 0.258 e. The van der Waals surface area contributed by atoms with Gasteiger partial charge < -0.3 is 15.0 Å². The van der Waals surface area contributed by atoms with Crippen LogP contribution in [0.25, 0.3) is 0 Å². The van der Waals surface area contributed by atoms with Gasteiger partial charge in [0.1, 0.15) is 5.75 Å². The normalized spacial score (nSPS) is 13.8. The van der Waals surface area contributed by atoms with Crippen molar-refractivity contribution in [2.75, 3.05) is 18.1 Å². The molecule has 2 aromatic carbocycles. The topological polar surface area (TPSA) is 58.6 Å². The van der Waals surface area contributed by atoms with Gasteiger partial charge in [0.05, 0.1) is 0 Å². The molecule has 0 radical (unpaired) electrons. The van der Waals surface area contributed by atoms with Gasteiger partial charge in [0.2, 0.25) is 5.91 Å². The molecule has 25 heavy (non-hydrogen) atoms. The van der Waals surface area contributed by atoms with Crippen molar-refractivity contribution in [2.24, 2.45) is 0 Å².